The minimum absolute atomic E-state index is 0.335. The Morgan fingerprint density at radius 2 is 1.80 bits per heavy atom. The highest BCUT2D eigenvalue weighted by Crippen LogP contribution is 2.13. The van der Waals surface area contributed by atoms with Crippen LogP contribution in [0, 0.1) is 0 Å². The molecule has 0 aliphatic carbocycles. The Hall–Kier alpha value is 0.110. The molecule has 2 nitrogen and oxygen atoms in total. The van der Waals surface area contributed by atoms with E-state index in [9.17, 15) is 4.21 Å². The van der Waals surface area contributed by atoms with Crippen molar-refractivity contribution in [3.63, 3.8) is 0 Å². The van der Waals surface area contributed by atoms with Gasteiger partial charge in [-0.25, -0.2) is 0 Å². The summed E-state index contributed by atoms with van der Waals surface area (Å²) in [6.45, 7) is 9.58. The molecule has 0 rings (SSSR count). The standard InChI is InChI=1S/C12H27NOS/c1-5-9-11(13-10-6-2)12(7-3)15(14)8-4/h11-13H,5-10H2,1-4H3. The fourth-order valence-electron chi connectivity index (χ4n) is 1.93. The average Bonchev–Trinajstić information content (AvgIpc) is 2.26. The number of hydrogen-bond donors (Lipinski definition) is 1. The first-order chi connectivity index (χ1) is 7.21. The number of rotatable bonds is 9. The van der Waals surface area contributed by atoms with Gasteiger partial charge in [0, 0.05) is 27.8 Å². The summed E-state index contributed by atoms with van der Waals surface area (Å²) in [5.41, 5.74) is 0. The summed E-state index contributed by atoms with van der Waals surface area (Å²) in [7, 11) is -0.662. The van der Waals surface area contributed by atoms with E-state index in [0.717, 1.165) is 31.6 Å². The van der Waals surface area contributed by atoms with E-state index in [4.69, 9.17) is 0 Å². The Kier molecular flexibility index (Phi) is 9.41. The molecule has 0 aromatic heterocycles. The topological polar surface area (TPSA) is 29.1 Å². The van der Waals surface area contributed by atoms with Crippen molar-refractivity contribution in [2.45, 2.75) is 64.7 Å². The first-order valence-electron chi connectivity index (χ1n) is 6.31. The van der Waals surface area contributed by atoms with Gasteiger partial charge in [0.25, 0.3) is 0 Å². The zero-order valence-electron chi connectivity index (χ0n) is 10.7. The fourth-order valence-corrected chi connectivity index (χ4v) is 3.33. The highest BCUT2D eigenvalue weighted by molar-refractivity contribution is 7.85. The van der Waals surface area contributed by atoms with Gasteiger partial charge in [0.15, 0.2) is 0 Å². The Labute approximate surface area is 97.7 Å². The summed E-state index contributed by atoms with van der Waals surface area (Å²) < 4.78 is 11.9. The molecule has 0 saturated carbocycles. The van der Waals surface area contributed by atoms with Crippen molar-refractivity contribution in [2.24, 2.45) is 0 Å². The highest BCUT2D eigenvalue weighted by atomic mass is 32.2. The van der Waals surface area contributed by atoms with Crippen LogP contribution < -0.4 is 5.32 Å². The van der Waals surface area contributed by atoms with Crippen molar-refractivity contribution in [2.75, 3.05) is 12.3 Å². The van der Waals surface area contributed by atoms with Crippen LogP contribution in [0.1, 0.15) is 53.4 Å². The van der Waals surface area contributed by atoms with Crippen LogP contribution in [0.4, 0.5) is 0 Å². The highest BCUT2D eigenvalue weighted by Gasteiger charge is 2.22. The van der Waals surface area contributed by atoms with Crippen molar-refractivity contribution in [1.29, 1.82) is 0 Å². The molecule has 0 aliphatic heterocycles. The van der Waals surface area contributed by atoms with Gasteiger partial charge in [-0.3, -0.25) is 4.21 Å². The molecule has 0 spiro atoms. The van der Waals surface area contributed by atoms with Gasteiger partial charge in [-0.05, 0) is 25.8 Å². The molecule has 0 aromatic rings. The zero-order chi connectivity index (χ0) is 11.7. The SMILES string of the molecule is CCCNC(CCC)C(CC)S(=O)CC. The predicted octanol–water partition coefficient (Wildman–Crippen LogP) is 2.70. The van der Waals surface area contributed by atoms with E-state index in [-0.39, 0.29) is 0 Å². The minimum atomic E-state index is -0.662. The molecule has 0 aliphatic rings. The van der Waals surface area contributed by atoms with E-state index < -0.39 is 10.8 Å². The average molecular weight is 233 g/mol. The van der Waals surface area contributed by atoms with Crippen LogP contribution in [0.2, 0.25) is 0 Å². The van der Waals surface area contributed by atoms with Crippen LogP contribution in [-0.2, 0) is 10.8 Å². The first kappa shape index (κ1) is 15.1. The van der Waals surface area contributed by atoms with E-state index in [1.54, 1.807) is 0 Å². The lowest BCUT2D eigenvalue weighted by atomic mass is 10.1. The second-order valence-electron chi connectivity index (χ2n) is 3.97. The van der Waals surface area contributed by atoms with E-state index in [1.165, 1.54) is 6.42 Å². The molecule has 92 valence electrons. The van der Waals surface area contributed by atoms with Crippen molar-refractivity contribution in [3.8, 4) is 0 Å². The van der Waals surface area contributed by atoms with Crippen LogP contribution in [0.25, 0.3) is 0 Å². The molecule has 0 radical (unpaired) electrons. The molecule has 0 aromatic carbocycles. The molecule has 3 atom stereocenters. The monoisotopic (exact) mass is 233 g/mol. The lowest BCUT2D eigenvalue weighted by Gasteiger charge is -2.26. The van der Waals surface area contributed by atoms with Crippen LogP contribution in [-0.4, -0.2) is 27.8 Å². The third kappa shape index (κ3) is 5.67. The predicted molar refractivity (Wildman–Crippen MR) is 69.8 cm³/mol. The van der Waals surface area contributed by atoms with Gasteiger partial charge >= 0.3 is 0 Å². The lowest BCUT2D eigenvalue weighted by Crippen LogP contribution is -2.42. The fraction of sp³-hybridized carbons (Fsp3) is 1.00. The molecule has 0 fully saturated rings. The molecular formula is C12H27NOS. The summed E-state index contributed by atoms with van der Waals surface area (Å²) in [5, 5.41) is 3.88. The quantitative estimate of drug-likeness (QED) is 0.663. The van der Waals surface area contributed by atoms with E-state index in [2.05, 4.69) is 26.1 Å². The summed E-state index contributed by atoms with van der Waals surface area (Å²) >= 11 is 0. The van der Waals surface area contributed by atoms with Gasteiger partial charge in [0.05, 0.1) is 0 Å². The van der Waals surface area contributed by atoms with Gasteiger partial charge in [-0.15, -0.1) is 0 Å². The molecule has 0 amide bonds. The van der Waals surface area contributed by atoms with Crippen LogP contribution in [0.5, 0.6) is 0 Å². The molecule has 3 unspecified atom stereocenters. The van der Waals surface area contributed by atoms with Crippen molar-refractivity contribution in [3.05, 3.63) is 0 Å². The van der Waals surface area contributed by atoms with Crippen molar-refractivity contribution in [1.82, 2.24) is 5.32 Å². The maximum Gasteiger partial charge on any atom is 0.0498 e. The third-order valence-electron chi connectivity index (χ3n) is 2.73. The summed E-state index contributed by atoms with van der Waals surface area (Å²) in [5.74, 6) is 0.784. The molecule has 3 heteroatoms. The van der Waals surface area contributed by atoms with Crippen molar-refractivity contribution < 1.29 is 4.21 Å². The Morgan fingerprint density at radius 3 is 2.20 bits per heavy atom. The van der Waals surface area contributed by atoms with E-state index >= 15 is 0 Å². The molecular weight excluding hydrogens is 206 g/mol. The maximum atomic E-state index is 11.9. The molecule has 0 saturated heterocycles. The molecule has 0 heterocycles. The van der Waals surface area contributed by atoms with E-state index in [0.29, 0.717) is 11.3 Å². The zero-order valence-corrected chi connectivity index (χ0v) is 11.5. The summed E-state index contributed by atoms with van der Waals surface area (Å²) in [4.78, 5) is 0. The lowest BCUT2D eigenvalue weighted by molar-refractivity contribution is 0.448. The summed E-state index contributed by atoms with van der Waals surface area (Å²) in [6, 6.07) is 0.445. The largest absolute Gasteiger partial charge is 0.313 e. The Balaban J connectivity index is 4.32. The van der Waals surface area contributed by atoms with Gasteiger partial charge in [0.1, 0.15) is 0 Å². The third-order valence-corrected chi connectivity index (χ3v) is 4.64. The minimum Gasteiger partial charge on any atom is -0.313 e. The normalized spacial score (nSPS) is 17.3. The number of nitrogens with one attached hydrogen (secondary N) is 1. The Bertz CT molecular complexity index is 173. The van der Waals surface area contributed by atoms with Gasteiger partial charge in [0.2, 0.25) is 0 Å². The second kappa shape index (κ2) is 9.34. The number of hydrogen-bond acceptors (Lipinski definition) is 2. The van der Waals surface area contributed by atoms with Gasteiger partial charge in [-0.2, -0.15) is 0 Å². The second-order valence-corrected chi connectivity index (χ2v) is 5.91. The van der Waals surface area contributed by atoms with Crippen molar-refractivity contribution >= 4 is 10.8 Å². The molecule has 1 N–H and O–H groups in total. The Morgan fingerprint density at radius 1 is 1.13 bits per heavy atom. The molecule has 0 bridgehead atoms. The van der Waals surface area contributed by atoms with Gasteiger partial charge in [-0.1, -0.05) is 34.1 Å². The van der Waals surface area contributed by atoms with Crippen LogP contribution in [0.15, 0.2) is 0 Å². The van der Waals surface area contributed by atoms with Crippen LogP contribution in [0.3, 0.4) is 0 Å². The molecule has 15 heavy (non-hydrogen) atoms. The smallest absolute Gasteiger partial charge is 0.0498 e. The summed E-state index contributed by atoms with van der Waals surface area (Å²) in [6.07, 6.45) is 4.47. The van der Waals surface area contributed by atoms with E-state index in [1.807, 2.05) is 6.92 Å². The van der Waals surface area contributed by atoms with Gasteiger partial charge < -0.3 is 5.32 Å². The maximum absolute atomic E-state index is 11.9. The first-order valence-corrected chi connectivity index (χ1v) is 7.69. The van der Waals surface area contributed by atoms with Crippen LogP contribution >= 0.6 is 0 Å².